The molecule has 29 heavy (non-hydrogen) atoms. The number of anilines is 1. The average molecular weight is 388 g/mol. The molecule has 5 heteroatoms. The van der Waals surface area contributed by atoms with Gasteiger partial charge in [0.1, 0.15) is 5.75 Å². The summed E-state index contributed by atoms with van der Waals surface area (Å²) in [6, 6.07) is 24.0. The molecule has 0 unspecified atom stereocenters. The second-order valence-electron chi connectivity index (χ2n) is 6.50. The van der Waals surface area contributed by atoms with Crippen LogP contribution in [0.3, 0.4) is 0 Å². The third kappa shape index (κ3) is 5.94. The second kappa shape index (κ2) is 10.1. The van der Waals surface area contributed by atoms with Gasteiger partial charge in [-0.2, -0.15) is 0 Å². The van der Waals surface area contributed by atoms with Crippen molar-refractivity contribution in [3.63, 3.8) is 0 Å². The molecular formula is C24H24N2O3. The Morgan fingerprint density at radius 3 is 2.31 bits per heavy atom. The maximum atomic E-state index is 12.5. The fourth-order valence-corrected chi connectivity index (χ4v) is 2.83. The quantitative estimate of drug-likeness (QED) is 0.604. The molecule has 0 bridgehead atoms. The van der Waals surface area contributed by atoms with Crippen molar-refractivity contribution in [2.24, 2.45) is 0 Å². The van der Waals surface area contributed by atoms with Gasteiger partial charge in [-0.1, -0.05) is 36.4 Å². The Morgan fingerprint density at radius 1 is 0.828 bits per heavy atom. The largest absolute Gasteiger partial charge is 0.493 e. The monoisotopic (exact) mass is 388 g/mol. The summed E-state index contributed by atoms with van der Waals surface area (Å²) in [6.45, 7) is 2.98. The van der Waals surface area contributed by atoms with Gasteiger partial charge in [-0.25, -0.2) is 0 Å². The lowest BCUT2D eigenvalue weighted by molar-refractivity contribution is 0.0955. The van der Waals surface area contributed by atoms with Crippen LogP contribution in [0, 0.1) is 0 Å². The molecule has 0 atom stereocenters. The lowest BCUT2D eigenvalue weighted by Gasteiger charge is -2.09. The van der Waals surface area contributed by atoms with E-state index in [1.807, 2.05) is 31.2 Å². The van der Waals surface area contributed by atoms with Gasteiger partial charge >= 0.3 is 0 Å². The van der Waals surface area contributed by atoms with Crippen LogP contribution in [0.25, 0.3) is 0 Å². The van der Waals surface area contributed by atoms with Crippen LogP contribution in [0.2, 0.25) is 0 Å². The van der Waals surface area contributed by atoms with E-state index in [0.29, 0.717) is 35.7 Å². The Labute approximate surface area is 170 Å². The van der Waals surface area contributed by atoms with Crippen LogP contribution in [-0.2, 0) is 6.42 Å². The van der Waals surface area contributed by atoms with E-state index < -0.39 is 0 Å². The number of carbonyl (C=O) groups is 2. The smallest absolute Gasteiger partial charge is 0.255 e. The van der Waals surface area contributed by atoms with Gasteiger partial charge < -0.3 is 15.4 Å². The topological polar surface area (TPSA) is 67.4 Å². The summed E-state index contributed by atoms with van der Waals surface area (Å²) >= 11 is 0. The summed E-state index contributed by atoms with van der Waals surface area (Å²) in [5.41, 5.74) is 2.89. The highest BCUT2D eigenvalue weighted by molar-refractivity contribution is 6.04. The molecule has 2 N–H and O–H groups in total. The van der Waals surface area contributed by atoms with E-state index in [4.69, 9.17) is 4.74 Å². The van der Waals surface area contributed by atoms with Gasteiger partial charge in [0.05, 0.1) is 6.61 Å². The average Bonchev–Trinajstić information content (AvgIpc) is 2.75. The summed E-state index contributed by atoms with van der Waals surface area (Å²) in [7, 11) is 0. The molecule has 0 aliphatic heterocycles. The number of benzene rings is 3. The predicted octanol–water partition coefficient (Wildman–Crippen LogP) is 4.31. The third-order valence-electron chi connectivity index (χ3n) is 4.34. The summed E-state index contributed by atoms with van der Waals surface area (Å²) in [6.07, 6.45) is 0.801. The second-order valence-corrected chi connectivity index (χ2v) is 6.50. The van der Waals surface area contributed by atoms with E-state index in [1.165, 1.54) is 5.56 Å². The SMILES string of the molecule is CCNC(=O)c1ccc(NC(=O)c2cccc(OCCc3ccccc3)c2)cc1. The Balaban J connectivity index is 1.56. The first kappa shape index (κ1) is 20.1. The number of carbonyl (C=O) groups excluding carboxylic acids is 2. The van der Waals surface area contributed by atoms with Crippen molar-refractivity contribution in [2.75, 3.05) is 18.5 Å². The van der Waals surface area contributed by atoms with Crippen LogP contribution in [0.5, 0.6) is 5.75 Å². The van der Waals surface area contributed by atoms with E-state index in [9.17, 15) is 9.59 Å². The minimum Gasteiger partial charge on any atom is -0.493 e. The van der Waals surface area contributed by atoms with Crippen molar-refractivity contribution >= 4 is 17.5 Å². The zero-order chi connectivity index (χ0) is 20.5. The van der Waals surface area contributed by atoms with Crippen molar-refractivity contribution in [2.45, 2.75) is 13.3 Å². The van der Waals surface area contributed by atoms with Gasteiger partial charge in [0.15, 0.2) is 0 Å². The van der Waals surface area contributed by atoms with Gasteiger partial charge in [-0.3, -0.25) is 9.59 Å². The van der Waals surface area contributed by atoms with Crippen LogP contribution in [-0.4, -0.2) is 25.0 Å². The van der Waals surface area contributed by atoms with Crippen molar-refractivity contribution in [3.05, 3.63) is 95.6 Å². The number of rotatable bonds is 8. The molecule has 0 aliphatic rings. The molecule has 3 aromatic carbocycles. The van der Waals surface area contributed by atoms with Crippen LogP contribution >= 0.6 is 0 Å². The summed E-state index contributed by atoms with van der Waals surface area (Å²) in [4.78, 5) is 24.3. The van der Waals surface area contributed by atoms with E-state index in [2.05, 4.69) is 22.8 Å². The maximum absolute atomic E-state index is 12.5. The summed E-state index contributed by atoms with van der Waals surface area (Å²) in [5, 5.41) is 5.58. The molecule has 0 saturated carbocycles. The first-order valence-corrected chi connectivity index (χ1v) is 9.62. The Bertz CT molecular complexity index is 953. The lowest BCUT2D eigenvalue weighted by Crippen LogP contribution is -2.22. The highest BCUT2D eigenvalue weighted by Crippen LogP contribution is 2.16. The number of hydrogen-bond acceptors (Lipinski definition) is 3. The fraction of sp³-hybridized carbons (Fsp3) is 0.167. The predicted molar refractivity (Wildman–Crippen MR) is 114 cm³/mol. The van der Waals surface area contributed by atoms with E-state index in [0.717, 1.165) is 6.42 Å². The molecule has 0 heterocycles. The highest BCUT2D eigenvalue weighted by atomic mass is 16.5. The molecule has 0 spiro atoms. The highest BCUT2D eigenvalue weighted by Gasteiger charge is 2.09. The van der Waals surface area contributed by atoms with Crippen molar-refractivity contribution in [1.82, 2.24) is 5.32 Å². The number of ether oxygens (including phenoxy) is 1. The van der Waals surface area contributed by atoms with E-state index in [1.54, 1.807) is 42.5 Å². The van der Waals surface area contributed by atoms with Gasteiger partial charge in [0.2, 0.25) is 0 Å². The van der Waals surface area contributed by atoms with E-state index >= 15 is 0 Å². The van der Waals surface area contributed by atoms with Crippen molar-refractivity contribution < 1.29 is 14.3 Å². The fourth-order valence-electron chi connectivity index (χ4n) is 2.83. The van der Waals surface area contributed by atoms with Crippen LogP contribution in [0.15, 0.2) is 78.9 Å². The first-order valence-electron chi connectivity index (χ1n) is 9.62. The van der Waals surface area contributed by atoms with Crippen LogP contribution < -0.4 is 15.4 Å². The van der Waals surface area contributed by atoms with Crippen LogP contribution in [0.4, 0.5) is 5.69 Å². The molecule has 3 rings (SSSR count). The first-order chi connectivity index (χ1) is 14.2. The van der Waals surface area contributed by atoms with Gasteiger partial charge in [-0.15, -0.1) is 0 Å². The Hall–Kier alpha value is -3.60. The maximum Gasteiger partial charge on any atom is 0.255 e. The molecule has 0 aliphatic carbocycles. The van der Waals surface area contributed by atoms with Crippen molar-refractivity contribution in [1.29, 1.82) is 0 Å². The minimum atomic E-state index is -0.232. The van der Waals surface area contributed by atoms with Gasteiger partial charge in [0, 0.05) is 29.8 Å². The molecule has 0 saturated heterocycles. The molecule has 5 nitrogen and oxygen atoms in total. The van der Waals surface area contributed by atoms with Gasteiger partial charge in [-0.05, 0) is 55.0 Å². The number of nitrogens with one attached hydrogen (secondary N) is 2. The molecule has 0 fully saturated rings. The standard InChI is InChI=1S/C24H24N2O3/c1-2-25-23(27)19-11-13-21(14-12-19)26-24(28)20-9-6-10-22(17-20)29-16-15-18-7-4-3-5-8-18/h3-14,17H,2,15-16H2,1H3,(H,25,27)(H,26,28). The van der Waals surface area contributed by atoms with E-state index in [-0.39, 0.29) is 11.8 Å². The Kier molecular flexibility index (Phi) is 7.00. The molecule has 148 valence electrons. The zero-order valence-electron chi connectivity index (χ0n) is 16.4. The lowest BCUT2D eigenvalue weighted by atomic mass is 10.1. The third-order valence-corrected chi connectivity index (χ3v) is 4.34. The Morgan fingerprint density at radius 2 is 1.59 bits per heavy atom. The number of amides is 2. The molecule has 0 aromatic heterocycles. The summed E-state index contributed by atoms with van der Waals surface area (Å²) in [5.74, 6) is 0.287. The normalized spacial score (nSPS) is 10.2. The molecule has 0 radical (unpaired) electrons. The molecular weight excluding hydrogens is 364 g/mol. The van der Waals surface area contributed by atoms with Crippen molar-refractivity contribution in [3.8, 4) is 5.75 Å². The molecule has 3 aromatic rings. The number of hydrogen-bond donors (Lipinski definition) is 2. The zero-order valence-corrected chi connectivity index (χ0v) is 16.4. The summed E-state index contributed by atoms with van der Waals surface area (Å²) < 4.78 is 5.79. The van der Waals surface area contributed by atoms with Crippen LogP contribution in [0.1, 0.15) is 33.2 Å². The van der Waals surface area contributed by atoms with Gasteiger partial charge in [0.25, 0.3) is 11.8 Å². The minimum absolute atomic E-state index is 0.134. The molecule has 2 amide bonds.